The van der Waals surface area contributed by atoms with Gasteiger partial charge in [0.25, 0.3) is 0 Å². The van der Waals surface area contributed by atoms with Gasteiger partial charge in [-0.25, -0.2) is 0 Å². The molecule has 2 aliphatic rings. The summed E-state index contributed by atoms with van der Waals surface area (Å²) in [7, 11) is 0. The normalized spacial score (nSPS) is 44.5. The molecule has 1 aliphatic heterocycles. The molecule has 0 aromatic rings. The Morgan fingerprint density at radius 1 is 1.50 bits per heavy atom. The second kappa shape index (κ2) is 3.35. The molecule has 2 heteroatoms. The number of ether oxygens (including phenoxy) is 1. The summed E-state index contributed by atoms with van der Waals surface area (Å²) in [5.41, 5.74) is 0. The van der Waals surface area contributed by atoms with Gasteiger partial charge in [-0.2, -0.15) is 0 Å². The molecule has 4 atom stereocenters. The number of aliphatic hydroxyl groups excluding tert-OH is 1. The molecule has 1 saturated carbocycles. The topological polar surface area (TPSA) is 32.8 Å². The third-order valence-corrected chi connectivity index (χ3v) is 3.10. The molecule has 1 aliphatic carbocycles. The first-order valence-electron chi connectivity index (χ1n) is 5.13. The van der Waals surface area contributed by atoms with Gasteiger partial charge in [-0.3, -0.25) is 0 Å². The highest BCUT2D eigenvalue weighted by Crippen LogP contribution is 2.50. The zero-order chi connectivity index (χ0) is 8.55. The molecule has 0 spiro atoms. The third kappa shape index (κ3) is 1.64. The standard InChI is InChI=1S/C10H18O2/c1-2-3-4-9-10(12-9)8-5-7(8)6-11/h7-11H,2-6H2,1H3. The van der Waals surface area contributed by atoms with E-state index in [2.05, 4.69) is 6.92 Å². The molecule has 1 saturated heterocycles. The van der Waals surface area contributed by atoms with Crippen LogP contribution in [0.2, 0.25) is 0 Å². The van der Waals surface area contributed by atoms with Crippen molar-refractivity contribution in [2.24, 2.45) is 11.8 Å². The van der Waals surface area contributed by atoms with Crippen LogP contribution < -0.4 is 0 Å². The van der Waals surface area contributed by atoms with Gasteiger partial charge in [-0.15, -0.1) is 0 Å². The molecule has 70 valence electrons. The van der Waals surface area contributed by atoms with E-state index >= 15 is 0 Å². The molecule has 0 bridgehead atoms. The molecule has 1 N–H and O–H groups in total. The zero-order valence-electron chi connectivity index (χ0n) is 7.70. The fraction of sp³-hybridized carbons (Fsp3) is 1.00. The number of aliphatic hydroxyl groups is 1. The minimum absolute atomic E-state index is 0.366. The molecular formula is C10H18O2. The lowest BCUT2D eigenvalue weighted by molar-refractivity contribution is 0.259. The Hall–Kier alpha value is -0.0800. The highest BCUT2D eigenvalue weighted by atomic mass is 16.6. The molecule has 0 aromatic heterocycles. The lowest BCUT2D eigenvalue weighted by atomic mass is 10.1. The van der Waals surface area contributed by atoms with E-state index in [1.54, 1.807) is 0 Å². The van der Waals surface area contributed by atoms with E-state index < -0.39 is 0 Å². The molecule has 2 rings (SSSR count). The molecule has 2 fully saturated rings. The minimum atomic E-state index is 0.366. The van der Waals surface area contributed by atoms with Crippen molar-refractivity contribution in [3.05, 3.63) is 0 Å². The largest absolute Gasteiger partial charge is 0.396 e. The van der Waals surface area contributed by atoms with Gasteiger partial charge in [0.1, 0.15) is 0 Å². The monoisotopic (exact) mass is 170 g/mol. The van der Waals surface area contributed by atoms with Crippen LogP contribution in [0.4, 0.5) is 0 Å². The first-order valence-corrected chi connectivity index (χ1v) is 5.13. The van der Waals surface area contributed by atoms with Gasteiger partial charge in [-0.1, -0.05) is 19.8 Å². The van der Waals surface area contributed by atoms with Crippen LogP contribution in [-0.2, 0) is 4.74 Å². The predicted molar refractivity (Wildman–Crippen MR) is 46.9 cm³/mol. The maximum Gasteiger partial charge on any atom is 0.0873 e. The van der Waals surface area contributed by atoms with E-state index in [1.165, 1.54) is 25.7 Å². The average molecular weight is 170 g/mol. The van der Waals surface area contributed by atoms with Gasteiger partial charge in [0.05, 0.1) is 12.2 Å². The Morgan fingerprint density at radius 3 is 2.92 bits per heavy atom. The van der Waals surface area contributed by atoms with E-state index in [4.69, 9.17) is 9.84 Å². The highest BCUT2D eigenvalue weighted by molar-refractivity contribution is 5.01. The van der Waals surface area contributed by atoms with Crippen molar-refractivity contribution >= 4 is 0 Å². The van der Waals surface area contributed by atoms with E-state index in [-0.39, 0.29) is 0 Å². The SMILES string of the molecule is CCCCC1OC1C1CC1CO. The van der Waals surface area contributed by atoms with Crippen molar-refractivity contribution in [1.82, 2.24) is 0 Å². The van der Waals surface area contributed by atoms with Gasteiger partial charge < -0.3 is 9.84 Å². The molecule has 2 nitrogen and oxygen atoms in total. The fourth-order valence-corrected chi connectivity index (χ4v) is 2.05. The molecule has 0 aromatic carbocycles. The van der Waals surface area contributed by atoms with Crippen LogP contribution in [0.25, 0.3) is 0 Å². The van der Waals surface area contributed by atoms with Crippen molar-refractivity contribution in [3.63, 3.8) is 0 Å². The summed E-state index contributed by atoms with van der Waals surface area (Å²) >= 11 is 0. The first-order chi connectivity index (χ1) is 5.86. The Labute approximate surface area is 73.9 Å². The summed E-state index contributed by atoms with van der Waals surface area (Å²) in [6.45, 7) is 2.58. The van der Waals surface area contributed by atoms with Crippen molar-refractivity contribution < 1.29 is 9.84 Å². The lowest BCUT2D eigenvalue weighted by Gasteiger charge is -1.91. The van der Waals surface area contributed by atoms with Gasteiger partial charge in [0, 0.05) is 6.61 Å². The van der Waals surface area contributed by atoms with Crippen molar-refractivity contribution in [1.29, 1.82) is 0 Å². The van der Waals surface area contributed by atoms with Crippen molar-refractivity contribution in [2.45, 2.75) is 44.8 Å². The van der Waals surface area contributed by atoms with E-state index in [0.717, 1.165) is 0 Å². The average Bonchev–Trinajstić information content (AvgIpc) is 2.94. The maximum atomic E-state index is 8.86. The van der Waals surface area contributed by atoms with Crippen LogP contribution in [0.15, 0.2) is 0 Å². The number of hydrogen-bond donors (Lipinski definition) is 1. The minimum Gasteiger partial charge on any atom is -0.396 e. The quantitative estimate of drug-likeness (QED) is 0.635. The summed E-state index contributed by atoms with van der Waals surface area (Å²) in [6.07, 6.45) is 6.05. The summed E-state index contributed by atoms with van der Waals surface area (Å²) in [4.78, 5) is 0. The van der Waals surface area contributed by atoms with E-state index in [9.17, 15) is 0 Å². The van der Waals surface area contributed by atoms with Crippen LogP contribution in [0.3, 0.4) is 0 Å². The van der Waals surface area contributed by atoms with Crippen LogP contribution in [0, 0.1) is 11.8 Å². The van der Waals surface area contributed by atoms with Gasteiger partial charge in [0.15, 0.2) is 0 Å². The number of epoxide rings is 1. The van der Waals surface area contributed by atoms with Crippen LogP contribution in [0.1, 0.15) is 32.6 Å². The predicted octanol–water partition coefficient (Wildman–Crippen LogP) is 1.57. The first kappa shape index (κ1) is 8.52. The molecule has 0 radical (unpaired) electrons. The van der Waals surface area contributed by atoms with Crippen molar-refractivity contribution in [2.75, 3.05) is 6.61 Å². The van der Waals surface area contributed by atoms with Gasteiger partial charge >= 0.3 is 0 Å². The molecule has 12 heavy (non-hydrogen) atoms. The van der Waals surface area contributed by atoms with Crippen LogP contribution in [-0.4, -0.2) is 23.9 Å². The fourth-order valence-electron chi connectivity index (χ4n) is 2.05. The second-order valence-electron chi connectivity index (χ2n) is 4.12. The molecule has 1 heterocycles. The number of rotatable bonds is 5. The Morgan fingerprint density at radius 2 is 2.33 bits per heavy atom. The van der Waals surface area contributed by atoms with Gasteiger partial charge in [-0.05, 0) is 24.7 Å². The Balaban J connectivity index is 1.62. The Kier molecular flexibility index (Phi) is 2.37. The van der Waals surface area contributed by atoms with E-state index in [1.807, 2.05) is 0 Å². The van der Waals surface area contributed by atoms with Crippen LogP contribution >= 0.6 is 0 Å². The number of hydrogen-bond acceptors (Lipinski definition) is 2. The summed E-state index contributed by atoms with van der Waals surface area (Å²) in [5, 5.41) is 8.86. The second-order valence-corrected chi connectivity index (χ2v) is 4.12. The summed E-state index contributed by atoms with van der Waals surface area (Å²) in [5.74, 6) is 1.28. The smallest absolute Gasteiger partial charge is 0.0873 e. The summed E-state index contributed by atoms with van der Waals surface area (Å²) < 4.78 is 5.56. The van der Waals surface area contributed by atoms with Crippen LogP contribution in [0.5, 0.6) is 0 Å². The zero-order valence-corrected chi connectivity index (χ0v) is 7.70. The molecular weight excluding hydrogens is 152 g/mol. The number of unbranched alkanes of at least 4 members (excludes halogenated alkanes) is 1. The third-order valence-electron chi connectivity index (χ3n) is 3.10. The van der Waals surface area contributed by atoms with E-state index in [0.29, 0.717) is 30.7 Å². The van der Waals surface area contributed by atoms with Gasteiger partial charge in [0.2, 0.25) is 0 Å². The molecule has 4 unspecified atom stereocenters. The Bertz CT molecular complexity index is 158. The highest BCUT2D eigenvalue weighted by Gasteiger charge is 2.54. The summed E-state index contributed by atoms with van der Waals surface area (Å²) in [6, 6.07) is 0. The lowest BCUT2D eigenvalue weighted by Crippen LogP contribution is -2.00. The maximum absolute atomic E-state index is 8.86. The molecule has 0 amide bonds. The van der Waals surface area contributed by atoms with Crippen molar-refractivity contribution in [3.8, 4) is 0 Å².